The molecule has 8 heteroatoms. The van der Waals surface area contributed by atoms with Gasteiger partial charge in [-0.15, -0.1) is 0 Å². The van der Waals surface area contributed by atoms with Gasteiger partial charge in [-0.1, -0.05) is 18.2 Å². The van der Waals surface area contributed by atoms with Gasteiger partial charge in [0.15, 0.2) is 0 Å². The van der Waals surface area contributed by atoms with Crippen molar-refractivity contribution in [3.05, 3.63) is 41.7 Å². The summed E-state index contributed by atoms with van der Waals surface area (Å²) in [5.74, 6) is 2.01. The first-order valence-corrected chi connectivity index (χ1v) is 8.44. The number of aliphatic imine (C=N–C) groups is 2. The third kappa shape index (κ3) is 4.96. The van der Waals surface area contributed by atoms with Crippen LogP contribution in [0.1, 0.15) is 18.4 Å². The Kier molecular flexibility index (Phi) is 6.99. The molecule has 26 heavy (non-hydrogen) atoms. The van der Waals surface area contributed by atoms with Crippen molar-refractivity contribution in [2.24, 2.45) is 9.98 Å². The summed E-state index contributed by atoms with van der Waals surface area (Å²) in [6.07, 6.45) is 3.32. The van der Waals surface area contributed by atoms with E-state index >= 15 is 0 Å². The van der Waals surface area contributed by atoms with Crippen LogP contribution in [-0.2, 0) is 6.54 Å². The molecule has 1 aromatic carbocycles. The zero-order chi connectivity index (χ0) is 19.1. The highest BCUT2D eigenvalue weighted by molar-refractivity contribution is 5.96. The van der Waals surface area contributed by atoms with Crippen molar-refractivity contribution in [3.8, 4) is 5.75 Å². The van der Waals surface area contributed by atoms with E-state index < -0.39 is 0 Å². The van der Waals surface area contributed by atoms with Gasteiger partial charge in [0.25, 0.3) is 0 Å². The van der Waals surface area contributed by atoms with E-state index in [9.17, 15) is 15.3 Å². The molecule has 0 saturated carbocycles. The lowest BCUT2D eigenvalue weighted by Crippen LogP contribution is -2.33. The number of rotatable bonds is 5. The van der Waals surface area contributed by atoms with Crippen molar-refractivity contribution >= 4 is 11.8 Å². The Morgan fingerprint density at radius 1 is 0.962 bits per heavy atom. The third-order valence-electron chi connectivity index (χ3n) is 4.14. The summed E-state index contributed by atoms with van der Waals surface area (Å²) in [6, 6.07) is 7.21. The number of aromatic hydroxyl groups is 1. The van der Waals surface area contributed by atoms with Gasteiger partial charge in [-0.2, -0.15) is 9.98 Å². The molecule has 0 fully saturated rings. The third-order valence-corrected chi connectivity index (χ3v) is 4.14. The van der Waals surface area contributed by atoms with Crippen LogP contribution in [0.2, 0.25) is 0 Å². The Balaban J connectivity index is 2.29. The van der Waals surface area contributed by atoms with Crippen LogP contribution in [0.25, 0.3) is 0 Å². The highest BCUT2D eigenvalue weighted by Gasteiger charge is 2.16. The molecular weight excluding hydrogens is 334 g/mol. The number of guanidine groups is 1. The van der Waals surface area contributed by atoms with Crippen LogP contribution in [0.3, 0.4) is 0 Å². The van der Waals surface area contributed by atoms with Crippen LogP contribution in [0, 0.1) is 0 Å². The van der Waals surface area contributed by atoms with E-state index in [1.807, 2.05) is 30.2 Å². The van der Waals surface area contributed by atoms with Gasteiger partial charge in [0.1, 0.15) is 30.9 Å². The normalized spacial score (nSPS) is 20.6. The van der Waals surface area contributed by atoms with Crippen molar-refractivity contribution in [1.82, 2.24) is 14.7 Å². The second-order valence-electron chi connectivity index (χ2n) is 6.20. The predicted octanol–water partition coefficient (Wildman–Crippen LogP) is 0.977. The molecule has 0 aliphatic carbocycles. The maximum atomic E-state index is 9.99. The van der Waals surface area contributed by atoms with Gasteiger partial charge >= 0.3 is 0 Å². The molecular formula is C18H27N5O3. The Morgan fingerprint density at radius 3 is 2.31 bits per heavy atom. The molecule has 1 heterocycles. The topological polar surface area (TPSA) is 95.1 Å². The molecule has 1 aromatic rings. The molecule has 3 N–H and O–H groups in total. The minimum absolute atomic E-state index is 0.158. The molecule has 0 spiro atoms. The van der Waals surface area contributed by atoms with Gasteiger partial charge in [-0.3, -0.25) is 0 Å². The summed E-state index contributed by atoms with van der Waals surface area (Å²) >= 11 is 0. The summed E-state index contributed by atoms with van der Waals surface area (Å²) in [6.45, 7) is 0.124. The fourth-order valence-corrected chi connectivity index (χ4v) is 2.49. The number of nitrogens with zero attached hydrogens (tertiary/aromatic N) is 5. The van der Waals surface area contributed by atoms with Crippen molar-refractivity contribution in [3.63, 3.8) is 0 Å². The number of amidine groups is 1. The van der Waals surface area contributed by atoms with Crippen LogP contribution < -0.4 is 0 Å². The largest absolute Gasteiger partial charge is 0.508 e. The van der Waals surface area contributed by atoms with E-state index in [0.29, 0.717) is 31.2 Å². The standard InChI is InChI=1S/C18H27N5O3/c1-21(11-14-7-4-5-8-15(14)26)16-9-6-10-17(22(2)12-24)20-18(19-16)23(3)13-25/h4-5,7-8,10,24-26H,6,9,11-13H2,1-3H3/b17-10+,19-16+,20-18+. The fourth-order valence-electron chi connectivity index (χ4n) is 2.49. The summed E-state index contributed by atoms with van der Waals surface area (Å²) in [5.41, 5.74) is 0.810. The van der Waals surface area contributed by atoms with E-state index in [2.05, 4.69) is 9.98 Å². The summed E-state index contributed by atoms with van der Waals surface area (Å²) in [5, 5.41) is 28.8. The minimum Gasteiger partial charge on any atom is -0.508 e. The summed E-state index contributed by atoms with van der Waals surface area (Å²) < 4.78 is 0. The highest BCUT2D eigenvalue weighted by atomic mass is 16.3. The molecule has 142 valence electrons. The van der Waals surface area contributed by atoms with Crippen LogP contribution in [0.5, 0.6) is 5.75 Å². The lowest BCUT2D eigenvalue weighted by Gasteiger charge is -2.26. The van der Waals surface area contributed by atoms with E-state index in [4.69, 9.17) is 0 Å². The average Bonchev–Trinajstić information content (AvgIpc) is 2.62. The Labute approximate surface area is 154 Å². The lowest BCUT2D eigenvalue weighted by atomic mass is 10.1. The van der Waals surface area contributed by atoms with Crippen LogP contribution in [0.4, 0.5) is 0 Å². The molecule has 0 radical (unpaired) electrons. The summed E-state index contributed by atoms with van der Waals surface area (Å²) in [7, 11) is 5.34. The van der Waals surface area contributed by atoms with E-state index in [1.165, 1.54) is 4.90 Å². The smallest absolute Gasteiger partial charge is 0.230 e. The van der Waals surface area contributed by atoms with Crippen molar-refractivity contribution in [2.45, 2.75) is 19.4 Å². The van der Waals surface area contributed by atoms with Gasteiger partial charge in [-0.25, -0.2) is 0 Å². The number of phenolic OH excluding ortho intramolecular Hbond substituents is 1. The SMILES string of the molecule is CN(CO)C1=C/CC\C(N(C)Cc2ccccc2O)=N/C(N(C)CO)=N\1. The summed E-state index contributed by atoms with van der Waals surface area (Å²) in [4.78, 5) is 14.2. The van der Waals surface area contributed by atoms with Gasteiger partial charge in [0.05, 0.1) is 0 Å². The number of aliphatic hydroxyl groups excluding tert-OH is 2. The molecule has 1 aliphatic rings. The molecule has 0 bridgehead atoms. The molecule has 0 amide bonds. The first-order valence-electron chi connectivity index (χ1n) is 8.44. The monoisotopic (exact) mass is 361 g/mol. The first kappa shape index (κ1) is 19.7. The molecule has 0 atom stereocenters. The number of hydrogen-bond acceptors (Lipinski definition) is 8. The zero-order valence-electron chi connectivity index (χ0n) is 15.5. The molecule has 0 aromatic heterocycles. The highest BCUT2D eigenvalue weighted by Crippen LogP contribution is 2.19. The fraction of sp³-hybridized carbons (Fsp3) is 0.444. The first-order chi connectivity index (χ1) is 12.5. The second kappa shape index (κ2) is 9.21. The lowest BCUT2D eigenvalue weighted by molar-refractivity contribution is 0.160. The minimum atomic E-state index is -0.227. The quantitative estimate of drug-likeness (QED) is 0.677. The van der Waals surface area contributed by atoms with Gasteiger partial charge in [0.2, 0.25) is 5.96 Å². The predicted molar refractivity (Wildman–Crippen MR) is 101 cm³/mol. The molecule has 2 rings (SSSR count). The number of allylic oxidation sites excluding steroid dienone is 1. The zero-order valence-corrected chi connectivity index (χ0v) is 15.5. The van der Waals surface area contributed by atoms with Crippen LogP contribution in [-0.4, -0.2) is 76.4 Å². The second-order valence-corrected chi connectivity index (χ2v) is 6.20. The van der Waals surface area contributed by atoms with Gasteiger partial charge in [-0.05, 0) is 18.6 Å². The van der Waals surface area contributed by atoms with E-state index in [-0.39, 0.29) is 19.2 Å². The van der Waals surface area contributed by atoms with E-state index in [1.54, 1.807) is 31.1 Å². The van der Waals surface area contributed by atoms with Gasteiger partial charge in [0, 0.05) is 39.7 Å². The van der Waals surface area contributed by atoms with Crippen LogP contribution in [0.15, 0.2) is 46.1 Å². The number of aliphatic hydroxyl groups is 2. The Bertz CT molecular complexity index is 702. The van der Waals surface area contributed by atoms with Crippen molar-refractivity contribution < 1.29 is 15.3 Å². The number of para-hydroxylation sites is 1. The van der Waals surface area contributed by atoms with E-state index in [0.717, 1.165) is 11.4 Å². The van der Waals surface area contributed by atoms with Crippen molar-refractivity contribution in [2.75, 3.05) is 34.6 Å². The van der Waals surface area contributed by atoms with Crippen molar-refractivity contribution in [1.29, 1.82) is 0 Å². The Hall–Kier alpha value is -2.58. The van der Waals surface area contributed by atoms with Crippen LogP contribution >= 0.6 is 0 Å². The number of hydrogen-bond donors (Lipinski definition) is 3. The molecule has 0 unspecified atom stereocenters. The van der Waals surface area contributed by atoms with Gasteiger partial charge < -0.3 is 30.0 Å². The Morgan fingerprint density at radius 2 is 1.65 bits per heavy atom. The molecule has 0 saturated heterocycles. The maximum absolute atomic E-state index is 9.99. The average molecular weight is 361 g/mol. The molecule has 8 nitrogen and oxygen atoms in total. The number of phenols is 1. The number of benzene rings is 1. The maximum Gasteiger partial charge on any atom is 0.230 e. The molecule has 1 aliphatic heterocycles.